The Morgan fingerprint density at radius 3 is 2.00 bits per heavy atom. The van der Waals surface area contributed by atoms with E-state index in [-0.39, 0.29) is 11.7 Å². The van der Waals surface area contributed by atoms with Crippen LogP contribution >= 0.6 is 0 Å². The van der Waals surface area contributed by atoms with Gasteiger partial charge in [0.05, 0.1) is 20.3 Å². The van der Waals surface area contributed by atoms with Gasteiger partial charge in [-0.1, -0.05) is 65.8 Å². The van der Waals surface area contributed by atoms with Gasteiger partial charge < -0.3 is 19.5 Å². The van der Waals surface area contributed by atoms with Crippen molar-refractivity contribution in [3.8, 4) is 11.5 Å². The van der Waals surface area contributed by atoms with Crippen LogP contribution in [0.5, 0.6) is 11.5 Å². The average Bonchev–Trinajstić information content (AvgIpc) is 2.91. The fraction of sp³-hybridized carbons (Fsp3) is 0.571. The van der Waals surface area contributed by atoms with E-state index in [9.17, 15) is 9.50 Å². The molecule has 1 fully saturated rings. The summed E-state index contributed by atoms with van der Waals surface area (Å²) >= 11 is 0. The first kappa shape index (κ1) is 30.9. The monoisotopic (exact) mass is 463 g/mol. The molecule has 1 saturated heterocycles. The van der Waals surface area contributed by atoms with Gasteiger partial charge in [-0.3, -0.25) is 0 Å². The zero-order chi connectivity index (χ0) is 25.2. The third-order valence-corrected chi connectivity index (χ3v) is 5.46. The van der Waals surface area contributed by atoms with Crippen molar-refractivity contribution in [2.24, 2.45) is 5.92 Å². The lowest BCUT2D eigenvalue weighted by atomic mass is 9.87. The molecule has 3 rings (SSSR count). The Hall–Kier alpha value is -2.11. The van der Waals surface area contributed by atoms with Gasteiger partial charge in [0.25, 0.3) is 0 Å². The van der Waals surface area contributed by atoms with E-state index in [1.807, 2.05) is 71.9 Å². The number of para-hydroxylation sites is 1. The van der Waals surface area contributed by atoms with E-state index < -0.39 is 6.10 Å². The molecule has 188 valence electrons. The second kappa shape index (κ2) is 18.3. The minimum absolute atomic E-state index is 0.193. The predicted molar refractivity (Wildman–Crippen MR) is 138 cm³/mol. The molecule has 1 heterocycles. The first-order valence-electron chi connectivity index (χ1n) is 12.5. The van der Waals surface area contributed by atoms with Crippen LogP contribution in [-0.2, 0) is 6.42 Å². The maximum atomic E-state index is 13.0. The van der Waals surface area contributed by atoms with Crippen LogP contribution in [0.2, 0.25) is 0 Å². The molecule has 0 bridgehead atoms. The average molecular weight is 464 g/mol. The lowest BCUT2D eigenvalue weighted by Gasteiger charge is -2.34. The topological polar surface area (TPSA) is 41.9 Å². The Bertz CT molecular complexity index is 728. The van der Waals surface area contributed by atoms with Crippen LogP contribution in [0, 0.1) is 11.7 Å². The third kappa shape index (κ3) is 9.73. The molecule has 1 aliphatic heterocycles. The van der Waals surface area contributed by atoms with Gasteiger partial charge in [-0.05, 0) is 62.0 Å². The Morgan fingerprint density at radius 1 is 0.909 bits per heavy atom. The Morgan fingerprint density at radius 2 is 1.48 bits per heavy atom. The van der Waals surface area contributed by atoms with Crippen molar-refractivity contribution in [1.82, 2.24) is 4.90 Å². The van der Waals surface area contributed by atoms with Gasteiger partial charge in [0.1, 0.15) is 5.82 Å². The van der Waals surface area contributed by atoms with Crippen molar-refractivity contribution in [2.45, 2.75) is 66.9 Å². The molecule has 0 spiro atoms. The molecule has 0 radical (unpaired) electrons. The van der Waals surface area contributed by atoms with Gasteiger partial charge in [0.15, 0.2) is 11.5 Å². The van der Waals surface area contributed by atoms with Crippen molar-refractivity contribution in [3.05, 3.63) is 59.4 Å². The molecule has 33 heavy (non-hydrogen) atoms. The Labute approximate surface area is 201 Å². The van der Waals surface area contributed by atoms with Crippen LogP contribution < -0.4 is 9.47 Å². The number of hydrogen-bond donors (Lipinski definition) is 1. The molecule has 1 unspecified atom stereocenters. The van der Waals surface area contributed by atoms with E-state index in [0.29, 0.717) is 11.5 Å². The molecule has 1 atom stereocenters. The summed E-state index contributed by atoms with van der Waals surface area (Å²) in [4.78, 5) is 2.41. The largest absolute Gasteiger partial charge is 0.493 e. The fourth-order valence-corrected chi connectivity index (χ4v) is 3.83. The first-order chi connectivity index (χ1) is 16.1. The highest BCUT2D eigenvalue weighted by Crippen LogP contribution is 2.39. The normalized spacial score (nSPS) is 14.4. The molecule has 2 aromatic carbocycles. The van der Waals surface area contributed by atoms with Gasteiger partial charge in [-0.15, -0.1) is 0 Å². The molecule has 0 aliphatic carbocycles. The van der Waals surface area contributed by atoms with E-state index >= 15 is 0 Å². The summed E-state index contributed by atoms with van der Waals surface area (Å²) in [5.41, 5.74) is 1.95. The molecule has 4 nitrogen and oxygen atoms in total. The van der Waals surface area contributed by atoms with E-state index in [1.54, 1.807) is 14.2 Å². The molecule has 1 N–H and O–H groups in total. The lowest BCUT2D eigenvalue weighted by Crippen LogP contribution is -2.36. The van der Waals surface area contributed by atoms with Crippen molar-refractivity contribution in [1.29, 1.82) is 0 Å². The van der Waals surface area contributed by atoms with Crippen LogP contribution in [0.3, 0.4) is 0 Å². The zero-order valence-corrected chi connectivity index (χ0v) is 22.0. The van der Waals surface area contributed by atoms with Crippen molar-refractivity contribution in [3.63, 3.8) is 0 Å². The summed E-state index contributed by atoms with van der Waals surface area (Å²) in [5.74, 6) is 1.27. The second-order valence-corrected chi connectivity index (χ2v) is 7.08. The molecule has 0 aromatic heterocycles. The number of nitrogens with zero attached hydrogens (tertiary/aromatic N) is 1. The standard InChI is InChI=1S/C22H28FNO3.3C2H6/c1-26-20-5-3-4-19(22(20)27-2)21(25)17-11-14-24(15-12-17)13-10-16-6-8-18(23)9-7-16;3*1-2/h3-9,17,21,25H,10-15H2,1-2H3;3*1-2H3. The molecule has 1 aliphatic rings. The third-order valence-electron chi connectivity index (χ3n) is 5.46. The number of aliphatic hydroxyl groups is 1. The van der Waals surface area contributed by atoms with Gasteiger partial charge in [0.2, 0.25) is 0 Å². The molecule has 0 saturated carbocycles. The number of likely N-dealkylation sites (tertiary alicyclic amines) is 1. The quantitative estimate of drug-likeness (QED) is 0.484. The number of benzene rings is 2. The SMILES string of the molecule is CC.CC.CC.COc1cccc(C(O)C2CCN(CCc3ccc(F)cc3)CC2)c1OC. The number of aliphatic hydroxyl groups excluding tert-OH is 1. The van der Waals surface area contributed by atoms with Crippen LogP contribution in [0.25, 0.3) is 0 Å². The molecule has 2 aromatic rings. The zero-order valence-electron chi connectivity index (χ0n) is 22.0. The molecular formula is C28H46FNO3. The fourth-order valence-electron chi connectivity index (χ4n) is 3.83. The number of methoxy groups -OCH3 is 2. The van der Waals surface area contributed by atoms with Crippen LogP contribution in [-0.4, -0.2) is 43.9 Å². The van der Waals surface area contributed by atoms with Crippen LogP contribution in [0.15, 0.2) is 42.5 Å². The van der Waals surface area contributed by atoms with Gasteiger partial charge >= 0.3 is 0 Å². The Balaban J connectivity index is 0.00000158. The van der Waals surface area contributed by atoms with Crippen molar-refractivity contribution in [2.75, 3.05) is 33.9 Å². The summed E-state index contributed by atoms with van der Waals surface area (Å²) in [6.07, 6.45) is 2.22. The molecule has 5 heteroatoms. The molecule has 0 amide bonds. The van der Waals surface area contributed by atoms with Gasteiger partial charge in [-0.25, -0.2) is 4.39 Å². The minimum atomic E-state index is -0.561. The summed E-state index contributed by atoms with van der Waals surface area (Å²) in [5, 5.41) is 10.9. The summed E-state index contributed by atoms with van der Waals surface area (Å²) < 4.78 is 23.8. The second-order valence-electron chi connectivity index (χ2n) is 7.08. The van der Waals surface area contributed by atoms with Gasteiger partial charge in [0, 0.05) is 12.1 Å². The van der Waals surface area contributed by atoms with Crippen molar-refractivity contribution < 1.29 is 19.0 Å². The number of rotatable bonds is 7. The van der Waals surface area contributed by atoms with E-state index in [1.165, 1.54) is 12.1 Å². The minimum Gasteiger partial charge on any atom is -0.493 e. The van der Waals surface area contributed by atoms with E-state index in [2.05, 4.69) is 4.90 Å². The maximum absolute atomic E-state index is 13.0. The summed E-state index contributed by atoms with van der Waals surface area (Å²) in [6.45, 7) is 14.9. The van der Waals surface area contributed by atoms with Gasteiger partial charge in [-0.2, -0.15) is 0 Å². The Kier molecular flexibility index (Phi) is 17.2. The molecular weight excluding hydrogens is 417 g/mol. The summed E-state index contributed by atoms with van der Waals surface area (Å²) in [6, 6.07) is 12.4. The van der Waals surface area contributed by atoms with Crippen LogP contribution in [0.1, 0.15) is 71.6 Å². The number of ether oxygens (including phenoxy) is 2. The van der Waals surface area contributed by atoms with E-state index in [4.69, 9.17) is 9.47 Å². The lowest BCUT2D eigenvalue weighted by molar-refractivity contribution is 0.0573. The first-order valence-corrected chi connectivity index (χ1v) is 12.5. The van der Waals surface area contributed by atoms with Crippen LogP contribution in [0.4, 0.5) is 4.39 Å². The predicted octanol–water partition coefficient (Wildman–Crippen LogP) is 6.91. The maximum Gasteiger partial charge on any atom is 0.166 e. The van der Waals surface area contributed by atoms with Crippen molar-refractivity contribution >= 4 is 0 Å². The number of hydrogen-bond acceptors (Lipinski definition) is 4. The highest BCUT2D eigenvalue weighted by molar-refractivity contribution is 5.47. The van der Waals surface area contributed by atoms with E-state index in [0.717, 1.165) is 50.0 Å². The highest BCUT2D eigenvalue weighted by Gasteiger charge is 2.28. The summed E-state index contributed by atoms with van der Waals surface area (Å²) in [7, 11) is 3.21. The smallest absolute Gasteiger partial charge is 0.166 e. The highest BCUT2D eigenvalue weighted by atomic mass is 19.1. The number of piperidine rings is 1. The number of halogens is 1.